The Morgan fingerprint density at radius 1 is 1.41 bits per heavy atom. The van der Waals surface area contributed by atoms with Crippen LogP contribution in [0.2, 0.25) is 0 Å². The highest BCUT2D eigenvalue weighted by Gasteiger charge is 2.30. The molecule has 2 N–H and O–H groups in total. The van der Waals surface area contributed by atoms with Crippen molar-refractivity contribution in [2.75, 3.05) is 27.4 Å². The number of rotatable bonds is 7. The Labute approximate surface area is 153 Å². The Kier molecular flexibility index (Phi) is 5.43. The number of halogens is 2. The summed E-state index contributed by atoms with van der Waals surface area (Å²) in [7, 11) is 2.60. The van der Waals surface area contributed by atoms with Gasteiger partial charge in [-0.2, -0.15) is 4.39 Å². The number of carbonyl (C=O) groups excluding carboxylic acids is 1. The summed E-state index contributed by atoms with van der Waals surface area (Å²) in [5, 5.41) is 12.0. The van der Waals surface area contributed by atoms with Crippen LogP contribution in [0.5, 0.6) is 5.75 Å². The van der Waals surface area contributed by atoms with Crippen molar-refractivity contribution in [3.05, 3.63) is 39.7 Å². The smallest absolute Gasteiger partial charge is 0.256 e. The van der Waals surface area contributed by atoms with Crippen LogP contribution in [0.3, 0.4) is 0 Å². The Morgan fingerprint density at radius 2 is 2.11 bits per heavy atom. The molecule has 2 aromatic rings. The van der Waals surface area contributed by atoms with Gasteiger partial charge in [0.15, 0.2) is 11.6 Å². The number of hydrogen-bond acceptors (Lipinski definition) is 5. The molecular weight excluding hydrogens is 362 g/mol. The van der Waals surface area contributed by atoms with Crippen molar-refractivity contribution in [2.45, 2.75) is 25.0 Å². The van der Waals surface area contributed by atoms with Crippen LogP contribution in [-0.2, 0) is 4.74 Å². The summed E-state index contributed by atoms with van der Waals surface area (Å²) in [5.74, 6) is -3.49. The Bertz CT molecular complexity index is 940. The molecule has 0 bridgehead atoms. The zero-order chi connectivity index (χ0) is 19.7. The molecule has 27 heavy (non-hydrogen) atoms. The van der Waals surface area contributed by atoms with Gasteiger partial charge >= 0.3 is 0 Å². The van der Waals surface area contributed by atoms with E-state index >= 15 is 0 Å². The van der Waals surface area contributed by atoms with Crippen molar-refractivity contribution in [2.24, 2.45) is 0 Å². The number of fused-ring (bicyclic) bond motifs is 1. The minimum absolute atomic E-state index is 0.0198. The minimum Gasteiger partial charge on any atom is -0.491 e. The molecule has 0 radical (unpaired) electrons. The lowest BCUT2D eigenvalue weighted by molar-refractivity contribution is 0.0609. The molecule has 0 saturated heterocycles. The van der Waals surface area contributed by atoms with Crippen LogP contribution < -0.4 is 15.5 Å². The first kappa shape index (κ1) is 19.2. The molecular formula is C18H20F2N2O5. The molecule has 1 aromatic carbocycles. The van der Waals surface area contributed by atoms with Gasteiger partial charge in [-0.05, 0) is 18.9 Å². The fraction of sp³-hybridized carbons (Fsp3) is 0.444. The fourth-order valence-electron chi connectivity index (χ4n) is 2.98. The molecule has 0 spiro atoms. The summed E-state index contributed by atoms with van der Waals surface area (Å²) in [6.07, 6.45) is 1.97. The molecule has 1 aliphatic rings. The average Bonchev–Trinajstić information content (AvgIpc) is 3.47. The average molecular weight is 382 g/mol. The monoisotopic (exact) mass is 382 g/mol. The predicted molar refractivity (Wildman–Crippen MR) is 93.2 cm³/mol. The van der Waals surface area contributed by atoms with Gasteiger partial charge in [0.2, 0.25) is 11.2 Å². The number of hydrogen-bond donors (Lipinski definition) is 2. The van der Waals surface area contributed by atoms with E-state index in [0.29, 0.717) is 0 Å². The van der Waals surface area contributed by atoms with Crippen molar-refractivity contribution in [1.29, 1.82) is 0 Å². The van der Waals surface area contributed by atoms with Crippen LogP contribution in [-0.4, -0.2) is 49.1 Å². The highest BCUT2D eigenvalue weighted by atomic mass is 19.2. The number of carbonyl (C=O) groups is 1. The molecule has 1 amide bonds. The zero-order valence-corrected chi connectivity index (χ0v) is 14.9. The van der Waals surface area contributed by atoms with Gasteiger partial charge in [0, 0.05) is 25.9 Å². The molecule has 1 unspecified atom stereocenters. The number of ether oxygens (including phenoxy) is 2. The maximum atomic E-state index is 14.1. The zero-order valence-electron chi connectivity index (χ0n) is 14.9. The van der Waals surface area contributed by atoms with E-state index in [1.165, 1.54) is 20.4 Å². The molecule has 146 valence electrons. The first-order valence-corrected chi connectivity index (χ1v) is 8.45. The van der Waals surface area contributed by atoms with Crippen LogP contribution in [0, 0.1) is 11.6 Å². The molecule has 1 fully saturated rings. The third kappa shape index (κ3) is 3.65. The lowest BCUT2D eigenvalue weighted by Crippen LogP contribution is -2.37. The number of aromatic nitrogens is 1. The molecule has 1 atom stereocenters. The van der Waals surface area contributed by atoms with Gasteiger partial charge in [-0.15, -0.1) is 0 Å². The topological polar surface area (TPSA) is 89.8 Å². The predicted octanol–water partition coefficient (Wildman–Crippen LogP) is 1.36. The van der Waals surface area contributed by atoms with E-state index in [1.807, 2.05) is 0 Å². The Balaban J connectivity index is 2.10. The van der Waals surface area contributed by atoms with Crippen molar-refractivity contribution >= 4 is 16.8 Å². The third-order valence-electron chi connectivity index (χ3n) is 4.41. The quantitative estimate of drug-likeness (QED) is 0.755. The first-order chi connectivity index (χ1) is 12.9. The maximum Gasteiger partial charge on any atom is 0.256 e. The maximum absolute atomic E-state index is 14.1. The van der Waals surface area contributed by atoms with E-state index in [9.17, 15) is 23.5 Å². The van der Waals surface area contributed by atoms with E-state index in [1.54, 1.807) is 4.57 Å². The van der Waals surface area contributed by atoms with Gasteiger partial charge in [0.05, 0.1) is 30.7 Å². The van der Waals surface area contributed by atoms with Crippen molar-refractivity contribution in [3.63, 3.8) is 0 Å². The number of nitrogens with one attached hydrogen (secondary N) is 1. The SMILES string of the molecule is COCC(O)CNC(=O)c1cn(C2CC2)c2c(OC)c(F)c(F)cc2c1=O. The molecule has 1 saturated carbocycles. The second-order valence-corrected chi connectivity index (χ2v) is 6.43. The van der Waals surface area contributed by atoms with Crippen molar-refractivity contribution in [3.8, 4) is 5.75 Å². The van der Waals surface area contributed by atoms with Gasteiger partial charge in [-0.1, -0.05) is 0 Å². The number of aliphatic hydroxyl groups excluding tert-OH is 1. The summed E-state index contributed by atoms with van der Waals surface area (Å²) in [6.45, 7) is -0.0966. The number of nitrogens with zero attached hydrogens (tertiary/aromatic N) is 1. The summed E-state index contributed by atoms with van der Waals surface area (Å²) in [6, 6.07) is 0.753. The molecule has 3 rings (SSSR count). The van der Waals surface area contributed by atoms with Crippen molar-refractivity contribution in [1.82, 2.24) is 9.88 Å². The lowest BCUT2D eigenvalue weighted by atomic mass is 10.1. The molecule has 1 heterocycles. The normalized spacial score (nSPS) is 15.0. The second kappa shape index (κ2) is 7.61. The van der Waals surface area contributed by atoms with Crippen LogP contribution in [0.1, 0.15) is 29.2 Å². The minimum atomic E-state index is -1.23. The summed E-state index contributed by atoms with van der Waals surface area (Å²) < 4.78 is 39.4. The highest BCUT2D eigenvalue weighted by Crippen LogP contribution is 2.40. The highest BCUT2D eigenvalue weighted by molar-refractivity contribution is 5.98. The summed E-state index contributed by atoms with van der Waals surface area (Å²) in [4.78, 5) is 25.2. The van der Waals surface area contributed by atoms with Gasteiger partial charge < -0.3 is 24.5 Å². The van der Waals surface area contributed by atoms with E-state index in [4.69, 9.17) is 9.47 Å². The standard InChI is InChI=1S/C18H20F2N2O5/c1-26-8-10(23)6-21-18(25)12-7-22(9-3-4-9)15-11(16(12)24)5-13(19)14(20)17(15)27-2/h5,7,9-10,23H,3-4,6,8H2,1-2H3,(H,21,25). The van der Waals surface area contributed by atoms with Crippen LogP contribution in [0.4, 0.5) is 8.78 Å². The lowest BCUT2D eigenvalue weighted by Gasteiger charge is -2.17. The Hall–Kier alpha value is -2.52. The van der Waals surface area contributed by atoms with E-state index in [-0.39, 0.29) is 41.4 Å². The molecule has 1 aromatic heterocycles. The first-order valence-electron chi connectivity index (χ1n) is 8.45. The fourth-order valence-corrected chi connectivity index (χ4v) is 2.98. The van der Waals surface area contributed by atoms with Gasteiger partial charge in [0.25, 0.3) is 5.91 Å². The van der Waals surface area contributed by atoms with E-state index in [2.05, 4.69) is 5.32 Å². The van der Waals surface area contributed by atoms with Crippen LogP contribution in [0.15, 0.2) is 17.1 Å². The molecule has 1 aliphatic carbocycles. The van der Waals surface area contributed by atoms with E-state index in [0.717, 1.165) is 18.9 Å². The number of benzene rings is 1. The molecule has 9 heteroatoms. The third-order valence-corrected chi connectivity index (χ3v) is 4.41. The van der Waals surface area contributed by atoms with Crippen molar-refractivity contribution < 1.29 is 28.2 Å². The largest absolute Gasteiger partial charge is 0.491 e. The van der Waals surface area contributed by atoms with Crippen LogP contribution >= 0.6 is 0 Å². The number of amides is 1. The number of methoxy groups -OCH3 is 2. The number of aliphatic hydroxyl groups is 1. The summed E-state index contributed by atoms with van der Waals surface area (Å²) >= 11 is 0. The van der Waals surface area contributed by atoms with Crippen LogP contribution in [0.25, 0.3) is 10.9 Å². The molecule has 0 aliphatic heterocycles. The molecule has 7 nitrogen and oxygen atoms in total. The van der Waals surface area contributed by atoms with E-state index < -0.39 is 29.1 Å². The Morgan fingerprint density at radius 3 is 2.70 bits per heavy atom. The van der Waals surface area contributed by atoms with Gasteiger partial charge in [-0.3, -0.25) is 9.59 Å². The van der Waals surface area contributed by atoms with Gasteiger partial charge in [-0.25, -0.2) is 4.39 Å². The summed E-state index contributed by atoms with van der Waals surface area (Å²) in [5.41, 5.74) is -0.829. The second-order valence-electron chi connectivity index (χ2n) is 6.43. The van der Waals surface area contributed by atoms with Gasteiger partial charge in [0.1, 0.15) is 5.56 Å². The number of pyridine rings is 1.